The zero-order valence-electron chi connectivity index (χ0n) is 13.2. The van der Waals surface area contributed by atoms with Crippen molar-refractivity contribution in [3.05, 3.63) is 54.4 Å². The van der Waals surface area contributed by atoms with Gasteiger partial charge >= 0.3 is 0 Å². The van der Waals surface area contributed by atoms with E-state index in [4.69, 9.17) is 0 Å². The number of carbonyl (C=O) groups excluding carboxylic acids is 1. The van der Waals surface area contributed by atoms with Gasteiger partial charge in [0.1, 0.15) is 5.82 Å². The van der Waals surface area contributed by atoms with Crippen molar-refractivity contribution in [1.29, 1.82) is 0 Å². The summed E-state index contributed by atoms with van der Waals surface area (Å²) in [4.78, 5) is 18.9. The van der Waals surface area contributed by atoms with E-state index in [1.54, 1.807) is 18.3 Å². The Balaban J connectivity index is 1.42. The van der Waals surface area contributed by atoms with Crippen molar-refractivity contribution < 1.29 is 9.18 Å². The van der Waals surface area contributed by atoms with Gasteiger partial charge in [-0.15, -0.1) is 0 Å². The molecule has 0 aliphatic carbocycles. The summed E-state index contributed by atoms with van der Waals surface area (Å²) in [5.74, 6) is -0.0670. The largest absolute Gasteiger partial charge is 0.337 e. The van der Waals surface area contributed by atoms with Crippen LogP contribution < -0.4 is 0 Å². The van der Waals surface area contributed by atoms with E-state index in [9.17, 15) is 9.18 Å². The second-order valence-corrected chi connectivity index (χ2v) is 6.14. The van der Waals surface area contributed by atoms with Crippen LogP contribution in [0.3, 0.4) is 0 Å². The fraction of sp³-hybridized carbons (Fsp3) is 0.444. The van der Waals surface area contributed by atoms with E-state index in [2.05, 4.69) is 14.5 Å². The summed E-state index contributed by atoms with van der Waals surface area (Å²) >= 11 is 0. The second kappa shape index (κ2) is 7.51. The second-order valence-electron chi connectivity index (χ2n) is 6.14. The van der Waals surface area contributed by atoms with Crippen LogP contribution in [-0.4, -0.2) is 39.9 Å². The van der Waals surface area contributed by atoms with E-state index in [0.717, 1.165) is 45.4 Å². The maximum Gasteiger partial charge on any atom is 0.166 e. The highest BCUT2D eigenvalue weighted by molar-refractivity contribution is 5.97. The molecular formula is C18H22FN3O. The number of piperidine rings is 1. The highest BCUT2D eigenvalue weighted by atomic mass is 19.1. The lowest BCUT2D eigenvalue weighted by Gasteiger charge is -2.31. The molecule has 0 atom stereocenters. The molecule has 5 heteroatoms. The zero-order valence-corrected chi connectivity index (χ0v) is 13.2. The summed E-state index contributed by atoms with van der Waals surface area (Å²) in [5.41, 5.74) is 0.630. The number of rotatable bonds is 6. The topological polar surface area (TPSA) is 38.1 Å². The Kier molecular flexibility index (Phi) is 5.18. The molecule has 1 saturated heterocycles. The maximum atomic E-state index is 12.9. The molecule has 1 aliphatic heterocycles. The Morgan fingerprint density at radius 1 is 1.17 bits per heavy atom. The predicted octanol–water partition coefficient (Wildman–Crippen LogP) is 3.01. The van der Waals surface area contributed by atoms with Crippen molar-refractivity contribution in [3.63, 3.8) is 0 Å². The highest BCUT2D eigenvalue weighted by Crippen LogP contribution is 2.22. The van der Waals surface area contributed by atoms with E-state index in [1.165, 1.54) is 12.1 Å². The van der Waals surface area contributed by atoms with Crippen molar-refractivity contribution in [1.82, 2.24) is 14.5 Å². The number of aryl methyl sites for hydroxylation is 1. The Morgan fingerprint density at radius 2 is 1.91 bits per heavy atom. The molecule has 0 unspecified atom stereocenters. The van der Waals surface area contributed by atoms with Gasteiger partial charge in [0.05, 0.1) is 6.33 Å². The molecule has 0 bridgehead atoms. The van der Waals surface area contributed by atoms with E-state index >= 15 is 0 Å². The number of halogens is 1. The zero-order chi connectivity index (χ0) is 16.1. The van der Waals surface area contributed by atoms with Crippen LogP contribution in [0.15, 0.2) is 43.0 Å². The first-order valence-electron chi connectivity index (χ1n) is 8.20. The minimum atomic E-state index is -0.297. The quantitative estimate of drug-likeness (QED) is 0.769. The van der Waals surface area contributed by atoms with Gasteiger partial charge < -0.3 is 9.47 Å². The smallest absolute Gasteiger partial charge is 0.166 e. The van der Waals surface area contributed by atoms with Crippen LogP contribution in [0.5, 0.6) is 0 Å². The van der Waals surface area contributed by atoms with Crippen LogP contribution in [0.2, 0.25) is 0 Å². The van der Waals surface area contributed by atoms with Crippen LogP contribution >= 0.6 is 0 Å². The molecule has 1 aliphatic rings. The van der Waals surface area contributed by atoms with Crippen LogP contribution in [0.1, 0.15) is 29.6 Å². The number of likely N-dealkylation sites (tertiary alicyclic amines) is 1. The SMILES string of the molecule is O=C(c1ccc(F)cc1)C1CCN(CCCn2ccnc2)CC1. The molecule has 0 N–H and O–H groups in total. The average molecular weight is 315 g/mol. The fourth-order valence-electron chi connectivity index (χ4n) is 3.16. The average Bonchev–Trinajstić information content (AvgIpc) is 3.09. The Morgan fingerprint density at radius 3 is 2.57 bits per heavy atom. The molecule has 1 aromatic carbocycles. The van der Waals surface area contributed by atoms with Gasteiger partial charge in [0, 0.05) is 30.4 Å². The molecular weight excluding hydrogens is 293 g/mol. The normalized spacial score (nSPS) is 16.6. The van der Waals surface area contributed by atoms with Crippen molar-refractivity contribution >= 4 is 5.78 Å². The van der Waals surface area contributed by atoms with Crippen molar-refractivity contribution in [3.8, 4) is 0 Å². The predicted molar refractivity (Wildman–Crippen MR) is 86.7 cm³/mol. The molecule has 3 rings (SSSR count). The lowest BCUT2D eigenvalue weighted by atomic mass is 9.89. The lowest BCUT2D eigenvalue weighted by Crippen LogP contribution is -2.37. The molecule has 122 valence electrons. The Labute approximate surface area is 135 Å². The van der Waals surface area contributed by atoms with E-state index in [0.29, 0.717) is 5.56 Å². The van der Waals surface area contributed by atoms with Gasteiger partial charge in [-0.2, -0.15) is 0 Å². The lowest BCUT2D eigenvalue weighted by molar-refractivity contribution is 0.0838. The number of benzene rings is 1. The van der Waals surface area contributed by atoms with E-state index in [-0.39, 0.29) is 17.5 Å². The summed E-state index contributed by atoms with van der Waals surface area (Å²) in [5, 5.41) is 0. The number of hydrogen-bond acceptors (Lipinski definition) is 3. The molecule has 0 radical (unpaired) electrons. The number of carbonyl (C=O) groups is 1. The molecule has 0 saturated carbocycles. The number of ketones is 1. The minimum Gasteiger partial charge on any atom is -0.337 e. The third-order valence-electron chi connectivity index (χ3n) is 4.54. The van der Waals surface area contributed by atoms with Crippen LogP contribution in [-0.2, 0) is 6.54 Å². The van der Waals surface area contributed by atoms with E-state index < -0.39 is 0 Å². The van der Waals surface area contributed by atoms with Gasteiger partial charge in [-0.3, -0.25) is 4.79 Å². The molecule has 0 spiro atoms. The molecule has 1 fully saturated rings. The minimum absolute atomic E-state index is 0.0744. The molecule has 23 heavy (non-hydrogen) atoms. The first-order valence-corrected chi connectivity index (χ1v) is 8.20. The van der Waals surface area contributed by atoms with Gasteiger partial charge in [-0.25, -0.2) is 9.37 Å². The summed E-state index contributed by atoms with van der Waals surface area (Å²) in [7, 11) is 0. The third kappa shape index (κ3) is 4.26. The van der Waals surface area contributed by atoms with Crippen LogP contribution in [0.25, 0.3) is 0 Å². The van der Waals surface area contributed by atoms with Crippen LogP contribution in [0, 0.1) is 11.7 Å². The Bertz CT molecular complexity index is 616. The monoisotopic (exact) mass is 315 g/mol. The molecule has 4 nitrogen and oxygen atoms in total. The number of hydrogen-bond donors (Lipinski definition) is 0. The number of Topliss-reactive ketones (excluding diaryl/α,β-unsaturated/α-hetero) is 1. The molecule has 1 aromatic heterocycles. The fourth-order valence-corrected chi connectivity index (χ4v) is 3.16. The maximum absolute atomic E-state index is 12.9. The number of imidazole rings is 1. The van der Waals surface area contributed by atoms with E-state index in [1.807, 2.05) is 12.5 Å². The first kappa shape index (κ1) is 15.9. The van der Waals surface area contributed by atoms with Gasteiger partial charge in [0.15, 0.2) is 5.78 Å². The van der Waals surface area contributed by atoms with Gasteiger partial charge in [-0.05, 0) is 63.2 Å². The number of nitrogens with zero attached hydrogens (tertiary/aromatic N) is 3. The molecule has 2 aromatic rings. The number of aromatic nitrogens is 2. The van der Waals surface area contributed by atoms with Crippen LogP contribution in [0.4, 0.5) is 4.39 Å². The summed E-state index contributed by atoms with van der Waals surface area (Å²) in [6.07, 6.45) is 8.49. The summed E-state index contributed by atoms with van der Waals surface area (Å²) in [6, 6.07) is 5.90. The van der Waals surface area contributed by atoms with Crippen molar-refractivity contribution in [2.24, 2.45) is 5.92 Å². The summed E-state index contributed by atoms with van der Waals surface area (Å²) in [6.45, 7) is 3.95. The highest BCUT2D eigenvalue weighted by Gasteiger charge is 2.25. The standard InChI is InChI=1S/C18H22FN3O/c19-17-4-2-15(3-5-17)18(23)16-6-11-21(12-7-16)9-1-10-22-13-8-20-14-22/h2-5,8,13-14,16H,1,6-7,9-12H2. The third-order valence-corrected chi connectivity index (χ3v) is 4.54. The first-order chi connectivity index (χ1) is 11.2. The molecule has 2 heterocycles. The van der Waals surface area contributed by atoms with Gasteiger partial charge in [-0.1, -0.05) is 0 Å². The van der Waals surface area contributed by atoms with Gasteiger partial charge in [0.2, 0.25) is 0 Å². The summed E-state index contributed by atoms with van der Waals surface area (Å²) < 4.78 is 15.0. The van der Waals surface area contributed by atoms with Crippen molar-refractivity contribution in [2.45, 2.75) is 25.8 Å². The molecule has 0 amide bonds. The van der Waals surface area contributed by atoms with Gasteiger partial charge in [0.25, 0.3) is 0 Å². The Hall–Kier alpha value is -2.01. The van der Waals surface area contributed by atoms with Crippen molar-refractivity contribution in [2.75, 3.05) is 19.6 Å².